The molecule has 0 N–H and O–H groups in total. The Kier molecular flexibility index (Phi) is 3.57. The number of rotatable bonds is 5. The number of aromatic nitrogens is 6. The van der Waals surface area contributed by atoms with Crippen molar-refractivity contribution in [2.45, 2.75) is 44.2 Å². The van der Waals surface area contributed by atoms with E-state index in [1.807, 2.05) is 21.5 Å². The molecule has 2 saturated carbocycles. The molecule has 29 heavy (non-hydrogen) atoms. The third-order valence-corrected chi connectivity index (χ3v) is 5.68. The second-order valence-electron chi connectivity index (χ2n) is 7.97. The molecule has 2 fully saturated rings. The lowest BCUT2D eigenvalue weighted by molar-refractivity contribution is 0.602. The summed E-state index contributed by atoms with van der Waals surface area (Å²) in [5.74, 6) is -0.685. The summed E-state index contributed by atoms with van der Waals surface area (Å²) in [6, 6.07) is 9.97. The Bertz CT molecular complexity index is 1240. The lowest BCUT2D eigenvalue weighted by Gasteiger charge is -2.09. The predicted octanol–water partition coefficient (Wildman–Crippen LogP) is 4.23. The van der Waals surface area contributed by atoms with Gasteiger partial charge in [-0.3, -0.25) is 0 Å². The Morgan fingerprint density at radius 3 is 2.59 bits per heavy atom. The zero-order valence-electron chi connectivity index (χ0n) is 15.6. The molecule has 0 spiro atoms. The molecule has 0 amide bonds. The van der Waals surface area contributed by atoms with E-state index in [4.69, 9.17) is 0 Å². The summed E-state index contributed by atoms with van der Waals surface area (Å²) in [4.78, 5) is 0. The van der Waals surface area contributed by atoms with Crippen LogP contribution in [0.2, 0.25) is 0 Å². The van der Waals surface area contributed by atoms with Gasteiger partial charge in [0, 0.05) is 11.5 Å². The maximum atomic E-state index is 14.4. The van der Waals surface area contributed by atoms with Crippen LogP contribution in [0, 0.1) is 11.6 Å². The predicted molar refractivity (Wildman–Crippen MR) is 102 cm³/mol. The van der Waals surface area contributed by atoms with Gasteiger partial charge in [-0.15, -0.1) is 10.2 Å². The van der Waals surface area contributed by atoms with Crippen LogP contribution in [0.4, 0.5) is 8.78 Å². The van der Waals surface area contributed by atoms with Crippen molar-refractivity contribution in [1.29, 1.82) is 0 Å². The maximum absolute atomic E-state index is 14.4. The topological polar surface area (TPSA) is 61.4 Å². The third-order valence-electron chi connectivity index (χ3n) is 5.68. The highest BCUT2D eigenvalue weighted by Gasteiger charge is 2.33. The molecule has 0 radical (unpaired) electrons. The minimum Gasteiger partial charge on any atom is -0.244 e. The summed E-state index contributed by atoms with van der Waals surface area (Å²) >= 11 is 0. The Balaban J connectivity index is 1.40. The average molecular weight is 392 g/mol. The maximum Gasteiger partial charge on any atom is 0.132 e. The summed E-state index contributed by atoms with van der Waals surface area (Å²) in [6.07, 6.45) is 4.30. The molecule has 6 rings (SSSR count). The van der Waals surface area contributed by atoms with Crippen LogP contribution in [-0.4, -0.2) is 30.0 Å². The van der Waals surface area contributed by atoms with Gasteiger partial charge in [0.05, 0.1) is 23.8 Å². The van der Waals surface area contributed by atoms with Gasteiger partial charge in [0.25, 0.3) is 0 Å². The fourth-order valence-corrected chi connectivity index (χ4v) is 3.91. The van der Waals surface area contributed by atoms with E-state index in [9.17, 15) is 8.78 Å². The summed E-state index contributed by atoms with van der Waals surface area (Å²) < 4.78 is 31.9. The van der Waals surface area contributed by atoms with E-state index in [0.29, 0.717) is 18.3 Å². The van der Waals surface area contributed by atoms with E-state index >= 15 is 0 Å². The molecule has 0 bridgehead atoms. The highest BCUT2D eigenvalue weighted by atomic mass is 19.1. The highest BCUT2D eigenvalue weighted by molar-refractivity contribution is 5.75. The van der Waals surface area contributed by atoms with Crippen molar-refractivity contribution in [1.82, 2.24) is 30.0 Å². The first kappa shape index (κ1) is 16.8. The van der Waals surface area contributed by atoms with Gasteiger partial charge in [-0.2, -0.15) is 0 Å². The number of halogens is 2. The summed E-state index contributed by atoms with van der Waals surface area (Å²) in [5.41, 5.74) is 4.45. The van der Waals surface area contributed by atoms with E-state index in [2.05, 4.69) is 26.7 Å². The molecule has 2 aromatic carbocycles. The first-order valence-corrected chi connectivity index (χ1v) is 9.90. The molecule has 6 nitrogen and oxygen atoms in total. The Labute approximate surface area is 165 Å². The number of hydrogen-bond acceptors (Lipinski definition) is 4. The summed E-state index contributed by atoms with van der Waals surface area (Å²) in [6.45, 7) is 0.515. The van der Waals surface area contributed by atoms with Crippen molar-refractivity contribution in [3.05, 3.63) is 59.3 Å². The molecule has 2 aliphatic carbocycles. The van der Waals surface area contributed by atoms with E-state index < -0.39 is 11.6 Å². The monoisotopic (exact) mass is 392 g/mol. The molecule has 0 atom stereocenters. The second kappa shape index (κ2) is 6.17. The number of hydrogen-bond donors (Lipinski definition) is 0. The van der Waals surface area contributed by atoms with Crippen LogP contribution in [0.3, 0.4) is 0 Å². The van der Waals surface area contributed by atoms with E-state index in [1.54, 1.807) is 0 Å². The van der Waals surface area contributed by atoms with E-state index in [1.165, 1.54) is 6.07 Å². The first-order chi connectivity index (χ1) is 14.2. The third kappa shape index (κ3) is 2.90. The number of nitrogens with zero attached hydrogens (tertiary/aromatic N) is 6. The molecule has 8 heteroatoms. The van der Waals surface area contributed by atoms with Gasteiger partial charge < -0.3 is 0 Å². The van der Waals surface area contributed by atoms with Crippen LogP contribution < -0.4 is 0 Å². The molecular formula is C21H18F2N6. The minimum absolute atomic E-state index is 0.171. The van der Waals surface area contributed by atoms with Crippen LogP contribution >= 0.6 is 0 Å². The van der Waals surface area contributed by atoms with Gasteiger partial charge in [-0.05, 0) is 61.6 Å². The Hall–Kier alpha value is -3.16. The van der Waals surface area contributed by atoms with Crippen molar-refractivity contribution in [2.24, 2.45) is 0 Å². The summed E-state index contributed by atoms with van der Waals surface area (Å²) in [7, 11) is 0. The fourth-order valence-electron chi connectivity index (χ4n) is 3.91. The lowest BCUT2D eigenvalue weighted by Crippen LogP contribution is -2.07. The molecule has 0 saturated heterocycles. The number of fused-ring (bicyclic) bond motifs is 1. The molecule has 146 valence electrons. The van der Waals surface area contributed by atoms with Crippen LogP contribution in [0.1, 0.15) is 48.9 Å². The van der Waals surface area contributed by atoms with Gasteiger partial charge in [0.15, 0.2) is 0 Å². The minimum atomic E-state index is -0.485. The second-order valence-corrected chi connectivity index (χ2v) is 7.97. The van der Waals surface area contributed by atoms with E-state index in [0.717, 1.165) is 60.1 Å². The van der Waals surface area contributed by atoms with Crippen molar-refractivity contribution in [2.75, 3.05) is 0 Å². The van der Waals surface area contributed by atoms with Gasteiger partial charge in [0.1, 0.15) is 22.8 Å². The summed E-state index contributed by atoms with van der Waals surface area (Å²) in [5, 5.41) is 17.1. The Morgan fingerprint density at radius 2 is 1.79 bits per heavy atom. The molecule has 4 aromatic rings. The molecular weight excluding hydrogens is 374 g/mol. The van der Waals surface area contributed by atoms with Crippen LogP contribution in [0.25, 0.3) is 22.3 Å². The molecule has 0 aliphatic heterocycles. The molecule has 0 unspecified atom stereocenters. The van der Waals surface area contributed by atoms with E-state index in [-0.39, 0.29) is 11.5 Å². The van der Waals surface area contributed by atoms with Gasteiger partial charge >= 0.3 is 0 Å². The van der Waals surface area contributed by atoms with Gasteiger partial charge in [0.2, 0.25) is 0 Å². The molecule has 2 aliphatic rings. The fraction of sp³-hybridized carbons (Fsp3) is 0.333. The van der Waals surface area contributed by atoms with Crippen molar-refractivity contribution < 1.29 is 8.78 Å². The smallest absolute Gasteiger partial charge is 0.132 e. The lowest BCUT2D eigenvalue weighted by atomic mass is 10.1. The first-order valence-electron chi connectivity index (χ1n) is 9.90. The van der Waals surface area contributed by atoms with Crippen LogP contribution in [-0.2, 0) is 6.54 Å². The van der Waals surface area contributed by atoms with Crippen molar-refractivity contribution >= 4 is 11.0 Å². The zero-order valence-corrected chi connectivity index (χ0v) is 15.6. The average Bonchev–Trinajstić information content (AvgIpc) is 3.65. The van der Waals surface area contributed by atoms with Crippen molar-refractivity contribution in [3.8, 4) is 11.3 Å². The number of benzene rings is 2. The standard InChI is InChI=1S/C21H18F2N6/c22-14-4-7-17(23)16(10-14)20-21(13-2-3-13)28(26-25-20)11-12-1-8-18-19(9-12)29(27-24-18)15-5-6-15/h1,4,7-10,13,15H,2-3,5-6,11H2. The molecule has 2 aromatic heterocycles. The highest BCUT2D eigenvalue weighted by Crippen LogP contribution is 2.44. The largest absolute Gasteiger partial charge is 0.244 e. The van der Waals surface area contributed by atoms with Gasteiger partial charge in [-0.25, -0.2) is 18.1 Å². The van der Waals surface area contributed by atoms with Crippen LogP contribution in [0.5, 0.6) is 0 Å². The van der Waals surface area contributed by atoms with Gasteiger partial charge in [-0.1, -0.05) is 16.5 Å². The normalized spacial score (nSPS) is 16.6. The van der Waals surface area contributed by atoms with Crippen molar-refractivity contribution in [3.63, 3.8) is 0 Å². The Morgan fingerprint density at radius 1 is 0.931 bits per heavy atom. The molecule has 2 heterocycles. The van der Waals surface area contributed by atoms with Crippen LogP contribution in [0.15, 0.2) is 36.4 Å². The zero-order chi connectivity index (χ0) is 19.5. The SMILES string of the molecule is Fc1ccc(F)c(-c2nnn(Cc3ccc4nnn(C5CC5)c4c3)c2C2CC2)c1. The quantitative estimate of drug-likeness (QED) is 0.510.